The Hall–Kier alpha value is -2.38. The van der Waals surface area contributed by atoms with E-state index in [9.17, 15) is 14.4 Å². The number of fused-ring (bicyclic) bond motifs is 1. The minimum atomic E-state index is -1.14. The van der Waals surface area contributed by atoms with Crippen LogP contribution >= 0.6 is 11.6 Å². The van der Waals surface area contributed by atoms with Crippen LogP contribution in [0.4, 0.5) is 5.69 Å². The van der Waals surface area contributed by atoms with E-state index in [0.717, 1.165) is 19.3 Å². The number of nitrogens with one attached hydrogen (secondary N) is 2. The number of amides is 3. The molecule has 8 heteroatoms. The monoisotopic (exact) mass is 513 g/mol. The quantitative estimate of drug-likeness (QED) is 0.559. The third kappa shape index (κ3) is 3.95. The van der Waals surface area contributed by atoms with Crippen LogP contribution in [-0.2, 0) is 19.1 Å². The molecule has 1 aromatic rings. The Morgan fingerprint density at radius 2 is 2.03 bits per heavy atom. The summed E-state index contributed by atoms with van der Waals surface area (Å²) in [7, 11) is 0. The Balaban J connectivity index is 1.45. The molecule has 0 unspecified atom stereocenters. The minimum absolute atomic E-state index is 0.0649. The highest BCUT2D eigenvalue weighted by Gasteiger charge is 2.73. The van der Waals surface area contributed by atoms with Gasteiger partial charge in [0.05, 0.1) is 17.9 Å². The predicted molar refractivity (Wildman–Crippen MR) is 138 cm³/mol. The molecule has 4 aliphatic rings. The van der Waals surface area contributed by atoms with Gasteiger partial charge in [0.15, 0.2) is 0 Å². The van der Waals surface area contributed by atoms with Crippen LogP contribution in [0.25, 0.3) is 0 Å². The summed E-state index contributed by atoms with van der Waals surface area (Å²) in [5.41, 5.74) is -0.581. The number of ether oxygens (including phenoxy) is 1. The van der Waals surface area contributed by atoms with E-state index in [-0.39, 0.29) is 29.8 Å². The number of halogens is 1. The van der Waals surface area contributed by atoms with Gasteiger partial charge in [0, 0.05) is 22.8 Å². The molecule has 3 amide bonds. The molecule has 2 N–H and O–H groups in total. The maximum absolute atomic E-state index is 13.9. The zero-order chi connectivity index (χ0) is 25.8. The molecule has 9 atom stereocenters. The van der Waals surface area contributed by atoms with E-state index in [1.807, 2.05) is 26.0 Å². The summed E-state index contributed by atoms with van der Waals surface area (Å²) >= 11 is 6.09. The number of rotatable bonds is 6. The molecule has 5 rings (SSSR count). The lowest BCUT2D eigenvalue weighted by Crippen LogP contribution is -2.59. The van der Waals surface area contributed by atoms with Gasteiger partial charge in [0.25, 0.3) is 0 Å². The SMILES string of the molecule is CC[C@H](C)N1C(=O)[C@H]2[C@H](C(=O)Nc3cccc(Cl)c3)[C@H]3C=C[C@@]2(O3)[C@@H]1C(=O)N[C@@H]1CCC[C@H](C)[C@@H]1C. The van der Waals surface area contributed by atoms with Gasteiger partial charge in [-0.05, 0) is 49.8 Å². The van der Waals surface area contributed by atoms with Crippen molar-refractivity contribution in [3.8, 4) is 0 Å². The molecule has 1 aromatic carbocycles. The average molecular weight is 514 g/mol. The minimum Gasteiger partial charge on any atom is -0.359 e. The summed E-state index contributed by atoms with van der Waals surface area (Å²) in [5, 5.41) is 6.71. The second kappa shape index (κ2) is 9.49. The summed E-state index contributed by atoms with van der Waals surface area (Å²) in [6, 6.07) is 6.02. The van der Waals surface area contributed by atoms with Crippen LogP contribution in [0.5, 0.6) is 0 Å². The van der Waals surface area contributed by atoms with Crippen molar-refractivity contribution in [2.75, 3.05) is 5.32 Å². The Bertz CT molecular complexity index is 1090. The molecule has 7 nitrogen and oxygen atoms in total. The smallest absolute Gasteiger partial charge is 0.246 e. The second-order valence-electron chi connectivity index (χ2n) is 11.1. The third-order valence-corrected chi connectivity index (χ3v) is 9.29. The summed E-state index contributed by atoms with van der Waals surface area (Å²) < 4.78 is 6.42. The van der Waals surface area contributed by atoms with Crippen LogP contribution in [0.2, 0.25) is 5.02 Å². The topological polar surface area (TPSA) is 87.7 Å². The largest absolute Gasteiger partial charge is 0.359 e. The molecule has 0 aromatic heterocycles. The van der Waals surface area contributed by atoms with E-state index in [1.165, 1.54) is 0 Å². The summed E-state index contributed by atoms with van der Waals surface area (Å²) in [5.74, 6) is -1.25. The molecule has 194 valence electrons. The van der Waals surface area contributed by atoms with E-state index in [2.05, 4.69) is 24.5 Å². The Labute approximate surface area is 218 Å². The fraction of sp³-hybridized carbons (Fsp3) is 0.607. The predicted octanol–water partition coefficient (Wildman–Crippen LogP) is 4.17. The summed E-state index contributed by atoms with van der Waals surface area (Å²) in [6.45, 7) is 8.38. The first-order valence-electron chi connectivity index (χ1n) is 13.2. The van der Waals surface area contributed by atoms with Gasteiger partial charge in [-0.2, -0.15) is 0 Å². The maximum Gasteiger partial charge on any atom is 0.246 e. The molecule has 3 fully saturated rings. The van der Waals surface area contributed by atoms with Gasteiger partial charge in [0.2, 0.25) is 17.7 Å². The Morgan fingerprint density at radius 1 is 1.25 bits per heavy atom. The van der Waals surface area contributed by atoms with Crippen molar-refractivity contribution in [2.45, 2.75) is 83.2 Å². The number of anilines is 1. The van der Waals surface area contributed by atoms with E-state index in [4.69, 9.17) is 16.3 Å². The number of carbonyl (C=O) groups excluding carboxylic acids is 3. The molecular weight excluding hydrogens is 478 g/mol. The zero-order valence-corrected chi connectivity index (χ0v) is 22.1. The molecule has 36 heavy (non-hydrogen) atoms. The molecule has 2 saturated heterocycles. The van der Waals surface area contributed by atoms with Gasteiger partial charge in [-0.3, -0.25) is 14.4 Å². The molecular formula is C28H36ClN3O4. The van der Waals surface area contributed by atoms with Crippen molar-refractivity contribution >= 4 is 35.0 Å². The number of carbonyl (C=O) groups is 3. The van der Waals surface area contributed by atoms with E-state index >= 15 is 0 Å². The average Bonchev–Trinajstić information content (AvgIpc) is 3.49. The molecule has 3 heterocycles. The number of benzene rings is 1. The van der Waals surface area contributed by atoms with Crippen LogP contribution in [0.1, 0.15) is 53.4 Å². The summed E-state index contributed by atoms with van der Waals surface area (Å²) in [6.07, 6.45) is 7.02. The highest BCUT2D eigenvalue weighted by atomic mass is 35.5. The molecule has 3 aliphatic heterocycles. The molecule has 1 saturated carbocycles. The first-order valence-corrected chi connectivity index (χ1v) is 13.6. The normalized spacial score (nSPS) is 37.6. The first kappa shape index (κ1) is 25.3. The van der Waals surface area contributed by atoms with Gasteiger partial charge >= 0.3 is 0 Å². The van der Waals surface area contributed by atoms with E-state index < -0.39 is 29.6 Å². The highest BCUT2D eigenvalue weighted by molar-refractivity contribution is 6.30. The van der Waals surface area contributed by atoms with E-state index in [1.54, 1.807) is 29.2 Å². The zero-order valence-electron chi connectivity index (χ0n) is 21.4. The Kier molecular flexibility index (Phi) is 6.66. The lowest BCUT2D eigenvalue weighted by Gasteiger charge is -2.39. The van der Waals surface area contributed by atoms with Crippen molar-refractivity contribution in [1.82, 2.24) is 10.2 Å². The number of hydrogen-bond acceptors (Lipinski definition) is 4. The van der Waals surface area contributed by atoms with Gasteiger partial charge < -0.3 is 20.3 Å². The van der Waals surface area contributed by atoms with Crippen LogP contribution < -0.4 is 10.6 Å². The van der Waals surface area contributed by atoms with Crippen molar-refractivity contribution in [3.05, 3.63) is 41.4 Å². The van der Waals surface area contributed by atoms with Gasteiger partial charge in [-0.1, -0.05) is 63.4 Å². The Morgan fingerprint density at radius 3 is 2.75 bits per heavy atom. The first-order chi connectivity index (χ1) is 17.2. The molecule has 1 spiro atoms. The molecule has 2 bridgehead atoms. The van der Waals surface area contributed by atoms with Gasteiger partial charge in [0.1, 0.15) is 11.6 Å². The van der Waals surface area contributed by atoms with Crippen LogP contribution in [0.3, 0.4) is 0 Å². The molecule has 0 radical (unpaired) electrons. The van der Waals surface area contributed by atoms with Crippen LogP contribution in [-0.4, -0.2) is 52.5 Å². The number of hydrogen-bond donors (Lipinski definition) is 2. The fourth-order valence-corrected chi connectivity index (χ4v) is 6.91. The lowest BCUT2D eigenvalue weighted by atomic mass is 9.73. The van der Waals surface area contributed by atoms with Gasteiger partial charge in [-0.15, -0.1) is 0 Å². The van der Waals surface area contributed by atoms with Crippen LogP contribution in [0, 0.1) is 23.7 Å². The highest BCUT2D eigenvalue weighted by Crippen LogP contribution is 2.56. The standard InChI is InChI=1S/C28H36ClN3O4/c1-5-16(3)32-24(26(34)31-20-11-6-8-15(2)17(20)4)28-13-12-21(36-28)22(23(28)27(32)35)25(33)30-19-10-7-9-18(29)14-19/h7,9-10,12-17,20-24H,5-6,8,11H2,1-4H3,(H,30,33)(H,31,34)/t15-,16-,17-,20+,21+,22+,23+,24-,28-/m0/s1. The lowest BCUT2D eigenvalue weighted by molar-refractivity contribution is -0.144. The van der Waals surface area contributed by atoms with Crippen molar-refractivity contribution in [3.63, 3.8) is 0 Å². The molecule has 1 aliphatic carbocycles. The van der Waals surface area contributed by atoms with Crippen molar-refractivity contribution < 1.29 is 19.1 Å². The summed E-state index contributed by atoms with van der Waals surface area (Å²) in [4.78, 5) is 43.0. The van der Waals surface area contributed by atoms with Crippen molar-refractivity contribution in [1.29, 1.82) is 0 Å². The maximum atomic E-state index is 13.9. The fourth-order valence-electron chi connectivity index (χ4n) is 6.72. The number of nitrogens with zero attached hydrogens (tertiary/aromatic N) is 1. The van der Waals surface area contributed by atoms with E-state index in [0.29, 0.717) is 29.0 Å². The van der Waals surface area contributed by atoms with Gasteiger partial charge in [-0.25, -0.2) is 0 Å². The van der Waals surface area contributed by atoms with Crippen molar-refractivity contribution in [2.24, 2.45) is 23.7 Å². The van der Waals surface area contributed by atoms with Crippen LogP contribution in [0.15, 0.2) is 36.4 Å². The number of likely N-dealkylation sites (tertiary alicyclic amines) is 1. The second-order valence-corrected chi connectivity index (χ2v) is 11.5. The third-order valence-electron chi connectivity index (χ3n) is 9.06.